The molecule has 112 valence electrons. The lowest BCUT2D eigenvalue weighted by Gasteiger charge is -2.14. The van der Waals surface area contributed by atoms with Gasteiger partial charge in [0, 0.05) is 0 Å². The Bertz CT molecular complexity index is 728. The van der Waals surface area contributed by atoms with Crippen LogP contribution in [0.25, 0.3) is 0 Å². The lowest BCUT2D eigenvalue weighted by molar-refractivity contribution is 0.407. The molecule has 0 fully saturated rings. The van der Waals surface area contributed by atoms with Crippen molar-refractivity contribution in [2.75, 3.05) is 7.11 Å². The number of nitrogens with one attached hydrogen (secondary N) is 1. The van der Waals surface area contributed by atoms with Crippen LogP contribution in [0.3, 0.4) is 0 Å². The monoisotopic (exact) mass is 304 g/mol. The van der Waals surface area contributed by atoms with Gasteiger partial charge >= 0.3 is 0 Å². The van der Waals surface area contributed by atoms with Crippen molar-refractivity contribution in [1.29, 1.82) is 0 Å². The minimum Gasteiger partial charge on any atom is -0.496 e. The number of ether oxygens (including phenoxy) is 1. The molecule has 0 bridgehead atoms. The minimum absolute atomic E-state index is 0.380. The van der Waals surface area contributed by atoms with Gasteiger partial charge in [0.1, 0.15) is 11.6 Å². The van der Waals surface area contributed by atoms with Gasteiger partial charge in [-0.15, -0.1) is 0 Å². The summed E-state index contributed by atoms with van der Waals surface area (Å²) in [7, 11) is 1.70. The van der Waals surface area contributed by atoms with Crippen LogP contribution in [0.2, 0.25) is 0 Å². The summed E-state index contributed by atoms with van der Waals surface area (Å²) in [6, 6.07) is 4.15. The van der Waals surface area contributed by atoms with Crippen molar-refractivity contribution in [3.63, 3.8) is 0 Å². The molecule has 0 amide bonds. The Labute approximate surface area is 129 Å². The Balaban J connectivity index is 2.45. The van der Waals surface area contributed by atoms with E-state index in [-0.39, 0.29) is 0 Å². The zero-order chi connectivity index (χ0) is 15.6. The van der Waals surface area contributed by atoms with Gasteiger partial charge in [0.2, 0.25) is 4.77 Å². The zero-order valence-corrected chi connectivity index (χ0v) is 13.8. The molecular formula is C15H20N4OS. The topological polar surface area (TPSA) is 55.2 Å². The van der Waals surface area contributed by atoms with Crippen LogP contribution in [0.1, 0.15) is 42.3 Å². The molecule has 1 N–H and O–H groups in total. The van der Waals surface area contributed by atoms with E-state index in [1.165, 1.54) is 0 Å². The molecule has 1 aromatic carbocycles. The number of benzene rings is 1. The third kappa shape index (κ3) is 3.21. The van der Waals surface area contributed by atoms with Gasteiger partial charge in [0.05, 0.1) is 13.3 Å². The first-order chi connectivity index (χ1) is 9.93. The maximum Gasteiger partial charge on any atom is 0.216 e. The van der Waals surface area contributed by atoms with Crippen molar-refractivity contribution in [3.05, 3.63) is 39.4 Å². The van der Waals surface area contributed by atoms with Crippen LogP contribution < -0.4 is 4.74 Å². The molecule has 21 heavy (non-hydrogen) atoms. The fourth-order valence-electron chi connectivity index (χ4n) is 2.11. The minimum atomic E-state index is 0.380. The standard InChI is InChI=1S/C15H20N4OS/c1-9(2)13-7-12(10(3)6-14(13)20-5)8-16-19-11(4)17-18-15(19)21/h6-9H,1-5H3,(H,18,21)/b16-8-. The normalized spacial score (nSPS) is 11.5. The van der Waals surface area contributed by atoms with E-state index >= 15 is 0 Å². The highest BCUT2D eigenvalue weighted by Gasteiger charge is 2.10. The van der Waals surface area contributed by atoms with Crippen LogP contribution in [-0.4, -0.2) is 28.2 Å². The summed E-state index contributed by atoms with van der Waals surface area (Å²) in [5, 5.41) is 11.2. The Kier molecular flexibility index (Phi) is 4.57. The van der Waals surface area contributed by atoms with Crippen molar-refractivity contribution in [2.45, 2.75) is 33.6 Å². The molecule has 2 rings (SSSR count). The average molecular weight is 304 g/mol. The number of rotatable bonds is 4. The Morgan fingerprint density at radius 1 is 1.38 bits per heavy atom. The number of methoxy groups -OCH3 is 1. The number of H-pyrrole nitrogens is 1. The van der Waals surface area contributed by atoms with Gasteiger partial charge < -0.3 is 4.74 Å². The summed E-state index contributed by atoms with van der Waals surface area (Å²) >= 11 is 5.14. The number of nitrogens with zero attached hydrogens (tertiary/aromatic N) is 3. The maximum absolute atomic E-state index is 5.45. The predicted molar refractivity (Wildman–Crippen MR) is 87.0 cm³/mol. The van der Waals surface area contributed by atoms with Gasteiger partial charge in [-0.1, -0.05) is 13.8 Å². The highest BCUT2D eigenvalue weighted by Crippen LogP contribution is 2.29. The van der Waals surface area contributed by atoms with Crippen molar-refractivity contribution in [2.24, 2.45) is 5.10 Å². The fourth-order valence-corrected chi connectivity index (χ4v) is 2.33. The van der Waals surface area contributed by atoms with Gasteiger partial charge in [-0.05, 0) is 60.8 Å². The van der Waals surface area contributed by atoms with Gasteiger partial charge in [0.25, 0.3) is 0 Å². The SMILES string of the molecule is COc1cc(C)c(/C=N\n2c(C)n[nH]c2=S)cc1C(C)C. The first kappa shape index (κ1) is 15.4. The van der Waals surface area contributed by atoms with E-state index < -0.39 is 0 Å². The summed E-state index contributed by atoms with van der Waals surface area (Å²) in [6.07, 6.45) is 1.80. The number of hydrogen-bond acceptors (Lipinski definition) is 4. The van der Waals surface area contributed by atoms with Crippen LogP contribution in [0.5, 0.6) is 5.75 Å². The van der Waals surface area contributed by atoms with E-state index in [2.05, 4.69) is 35.2 Å². The summed E-state index contributed by atoms with van der Waals surface area (Å²) in [5.41, 5.74) is 3.31. The van der Waals surface area contributed by atoms with Gasteiger partial charge in [0.15, 0.2) is 0 Å². The van der Waals surface area contributed by atoms with E-state index in [0.717, 1.165) is 28.3 Å². The van der Waals surface area contributed by atoms with Crippen molar-refractivity contribution in [1.82, 2.24) is 14.9 Å². The molecule has 1 heterocycles. The number of aryl methyl sites for hydroxylation is 2. The molecule has 0 unspecified atom stereocenters. The summed E-state index contributed by atoms with van der Waals surface area (Å²) < 4.78 is 7.54. The smallest absolute Gasteiger partial charge is 0.216 e. The average Bonchev–Trinajstić information content (AvgIpc) is 2.76. The van der Waals surface area contributed by atoms with E-state index in [9.17, 15) is 0 Å². The molecule has 2 aromatic rings. The molecule has 0 aliphatic rings. The first-order valence-corrected chi connectivity index (χ1v) is 7.21. The molecule has 5 nitrogen and oxygen atoms in total. The zero-order valence-electron chi connectivity index (χ0n) is 13.0. The van der Waals surface area contributed by atoms with E-state index in [4.69, 9.17) is 17.0 Å². The summed E-state index contributed by atoms with van der Waals surface area (Å²) in [6.45, 7) is 8.18. The van der Waals surface area contributed by atoms with Crippen LogP contribution in [0.4, 0.5) is 0 Å². The lowest BCUT2D eigenvalue weighted by Crippen LogP contribution is -2.00. The van der Waals surface area contributed by atoms with Crippen LogP contribution >= 0.6 is 12.2 Å². The molecule has 0 aliphatic heterocycles. The van der Waals surface area contributed by atoms with Crippen molar-refractivity contribution < 1.29 is 4.74 Å². The molecule has 6 heteroatoms. The number of aromatic nitrogens is 3. The Morgan fingerprint density at radius 2 is 2.10 bits per heavy atom. The molecule has 0 saturated heterocycles. The highest BCUT2D eigenvalue weighted by molar-refractivity contribution is 7.71. The van der Waals surface area contributed by atoms with Gasteiger partial charge in [-0.3, -0.25) is 5.10 Å². The lowest BCUT2D eigenvalue weighted by atomic mass is 9.97. The molecule has 0 spiro atoms. The fraction of sp³-hybridized carbons (Fsp3) is 0.400. The summed E-state index contributed by atoms with van der Waals surface area (Å²) in [4.78, 5) is 0. The van der Waals surface area contributed by atoms with E-state index in [1.54, 1.807) is 18.0 Å². The number of aromatic amines is 1. The first-order valence-electron chi connectivity index (χ1n) is 6.81. The third-order valence-corrected chi connectivity index (χ3v) is 3.63. The highest BCUT2D eigenvalue weighted by atomic mass is 32.1. The summed E-state index contributed by atoms with van der Waals surface area (Å²) in [5.74, 6) is 2.02. The number of hydrogen-bond donors (Lipinski definition) is 1. The molecule has 0 radical (unpaired) electrons. The van der Waals surface area contributed by atoms with E-state index in [0.29, 0.717) is 10.7 Å². The van der Waals surface area contributed by atoms with Crippen LogP contribution in [-0.2, 0) is 0 Å². The van der Waals surface area contributed by atoms with Crippen LogP contribution in [0, 0.1) is 18.6 Å². The molecule has 0 aliphatic carbocycles. The molecular weight excluding hydrogens is 284 g/mol. The third-order valence-electron chi connectivity index (χ3n) is 3.36. The second kappa shape index (κ2) is 6.22. The van der Waals surface area contributed by atoms with Gasteiger partial charge in [-0.25, -0.2) is 0 Å². The second-order valence-corrected chi connectivity index (χ2v) is 5.62. The van der Waals surface area contributed by atoms with Gasteiger partial charge in [-0.2, -0.15) is 14.9 Å². The van der Waals surface area contributed by atoms with Crippen molar-refractivity contribution in [3.8, 4) is 5.75 Å². The maximum atomic E-state index is 5.45. The Hall–Kier alpha value is -1.95. The predicted octanol–water partition coefficient (Wildman–Crippen LogP) is 3.57. The van der Waals surface area contributed by atoms with E-state index in [1.807, 2.05) is 19.9 Å². The van der Waals surface area contributed by atoms with Crippen molar-refractivity contribution >= 4 is 18.4 Å². The van der Waals surface area contributed by atoms with Crippen LogP contribution in [0.15, 0.2) is 17.2 Å². The Morgan fingerprint density at radius 3 is 2.62 bits per heavy atom. The second-order valence-electron chi connectivity index (χ2n) is 5.24. The molecule has 0 atom stereocenters. The molecule has 1 aromatic heterocycles. The quantitative estimate of drug-likeness (QED) is 0.694. The largest absolute Gasteiger partial charge is 0.496 e. The molecule has 0 saturated carbocycles.